The van der Waals surface area contributed by atoms with Gasteiger partial charge < -0.3 is 21.7 Å². The highest BCUT2D eigenvalue weighted by Gasteiger charge is 2.22. The van der Waals surface area contributed by atoms with Crippen LogP contribution in [0.4, 0.5) is 15.8 Å². The quantitative estimate of drug-likeness (QED) is 0.603. The van der Waals surface area contributed by atoms with Crippen LogP contribution in [-0.2, 0) is 4.79 Å². The van der Waals surface area contributed by atoms with E-state index < -0.39 is 18.0 Å². The SMILES string of the molecule is CC(=O)SCCC(O)C(O)c1cc(F)cc(N)c1N. The number of aliphatic hydroxyl groups excluding tert-OH is 2. The number of nitrogens with two attached hydrogens (primary N) is 2. The molecular formula is C12H17FN2O3S. The maximum absolute atomic E-state index is 13.2. The van der Waals surface area contributed by atoms with Crippen molar-refractivity contribution in [3.8, 4) is 0 Å². The lowest BCUT2D eigenvalue weighted by molar-refractivity contribution is -0.109. The number of hydrogen-bond donors (Lipinski definition) is 4. The van der Waals surface area contributed by atoms with Gasteiger partial charge in [0.15, 0.2) is 5.12 Å². The molecule has 1 aromatic carbocycles. The highest BCUT2D eigenvalue weighted by molar-refractivity contribution is 8.13. The van der Waals surface area contributed by atoms with Crippen molar-refractivity contribution in [2.75, 3.05) is 17.2 Å². The summed E-state index contributed by atoms with van der Waals surface area (Å²) in [5.41, 5.74) is 11.3. The fourth-order valence-electron chi connectivity index (χ4n) is 1.59. The van der Waals surface area contributed by atoms with Crippen LogP contribution in [0.25, 0.3) is 0 Å². The molecular weight excluding hydrogens is 271 g/mol. The van der Waals surface area contributed by atoms with E-state index in [1.807, 2.05) is 0 Å². The third kappa shape index (κ3) is 4.38. The van der Waals surface area contributed by atoms with Crippen molar-refractivity contribution in [3.63, 3.8) is 0 Å². The zero-order valence-electron chi connectivity index (χ0n) is 10.5. The van der Waals surface area contributed by atoms with E-state index >= 15 is 0 Å². The average molecular weight is 288 g/mol. The van der Waals surface area contributed by atoms with Gasteiger partial charge in [-0.05, 0) is 18.6 Å². The Hall–Kier alpha value is -1.31. The van der Waals surface area contributed by atoms with Crippen molar-refractivity contribution in [1.82, 2.24) is 0 Å². The zero-order chi connectivity index (χ0) is 14.6. The maximum Gasteiger partial charge on any atom is 0.185 e. The monoisotopic (exact) mass is 288 g/mol. The number of halogens is 1. The second kappa shape index (κ2) is 6.74. The van der Waals surface area contributed by atoms with E-state index in [0.717, 1.165) is 23.9 Å². The topological polar surface area (TPSA) is 110 Å². The third-order valence-corrected chi connectivity index (χ3v) is 3.46. The number of hydrogen-bond acceptors (Lipinski definition) is 6. The molecule has 0 aliphatic rings. The molecule has 0 aliphatic heterocycles. The van der Waals surface area contributed by atoms with Gasteiger partial charge in [-0.1, -0.05) is 11.8 Å². The van der Waals surface area contributed by atoms with Gasteiger partial charge in [0, 0.05) is 18.2 Å². The molecule has 0 heterocycles. The number of carbonyl (C=O) groups is 1. The predicted molar refractivity (Wildman–Crippen MR) is 73.9 cm³/mol. The maximum atomic E-state index is 13.2. The molecule has 1 aromatic rings. The lowest BCUT2D eigenvalue weighted by Crippen LogP contribution is -2.21. The van der Waals surface area contributed by atoms with Crippen LogP contribution in [-0.4, -0.2) is 27.2 Å². The van der Waals surface area contributed by atoms with Crippen LogP contribution in [0.15, 0.2) is 12.1 Å². The second-order valence-electron chi connectivity index (χ2n) is 4.14. The minimum Gasteiger partial charge on any atom is -0.397 e. The minimum absolute atomic E-state index is 0.0133. The summed E-state index contributed by atoms with van der Waals surface area (Å²) in [6, 6.07) is 2.08. The van der Waals surface area contributed by atoms with Gasteiger partial charge in [0.2, 0.25) is 0 Å². The first-order chi connectivity index (χ1) is 8.82. The third-order valence-electron chi connectivity index (χ3n) is 2.61. The largest absolute Gasteiger partial charge is 0.397 e. The molecule has 0 saturated carbocycles. The summed E-state index contributed by atoms with van der Waals surface area (Å²) in [6.45, 7) is 1.42. The normalized spacial score (nSPS) is 14.1. The smallest absolute Gasteiger partial charge is 0.185 e. The van der Waals surface area contributed by atoms with E-state index in [-0.39, 0.29) is 28.5 Å². The Morgan fingerprint density at radius 1 is 1.42 bits per heavy atom. The first kappa shape index (κ1) is 15.7. The first-order valence-corrected chi connectivity index (χ1v) is 6.65. The Balaban J connectivity index is 2.76. The van der Waals surface area contributed by atoms with Crippen molar-refractivity contribution in [1.29, 1.82) is 0 Å². The summed E-state index contributed by atoms with van der Waals surface area (Å²) < 4.78 is 13.2. The van der Waals surface area contributed by atoms with Gasteiger partial charge in [-0.25, -0.2) is 4.39 Å². The molecule has 6 N–H and O–H groups in total. The molecule has 2 unspecified atom stereocenters. The summed E-state index contributed by atoms with van der Waals surface area (Å²) in [7, 11) is 0. The van der Waals surface area contributed by atoms with Gasteiger partial charge in [-0.15, -0.1) is 0 Å². The number of benzene rings is 1. The van der Waals surface area contributed by atoms with Crippen LogP contribution in [0.5, 0.6) is 0 Å². The molecule has 0 bridgehead atoms. The van der Waals surface area contributed by atoms with Gasteiger partial charge in [0.05, 0.1) is 17.5 Å². The highest BCUT2D eigenvalue weighted by atomic mass is 32.2. The standard InChI is InChI=1S/C12H17FN2O3S/c1-6(16)19-3-2-10(17)12(18)8-4-7(13)5-9(14)11(8)15/h4-5,10,12,17-18H,2-3,14-15H2,1H3. The molecule has 0 spiro atoms. The van der Waals surface area contributed by atoms with Gasteiger partial charge in [0.1, 0.15) is 11.9 Å². The first-order valence-electron chi connectivity index (χ1n) is 5.66. The lowest BCUT2D eigenvalue weighted by atomic mass is 10.00. The molecule has 7 heteroatoms. The van der Waals surface area contributed by atoms with E-state index in [2.05, 4.69) is 0 Å². The molecule has 0 saturated heterocycles. The van der Waals surface area contributed by atoms with Crippen molar-refractivity contribution in [2.24, 2.45) is 0 Å². The molecule has 1 rings (SSSR count). The summed E-state index contributed by atoms with van der Waals surface area (Å²) in [4.78, 5) is 10.7. The fraction of sp³-hybridized carbons (Fsp3) is 0.417. The zero-order valence-corrected chi connectivity index (χ0v) is 11.3. The molecule has 19 heavy (non-hydrogen) atoms. The summed E-state index contributed by atoms with van der Waals surface area (Å²) in [6.07, 6.45) is -2.30. The van der Waals surface area contributed by atoms with Crippen LogP contribution in [0.2, 0.25) is 0 Å². The van der Waals surface area contributed by atoms with E-state index in [0.29, 0.717) is 5.75 Å². The Labute approximate surface area is 114 Å². The molecule has 5 nitrogen and oxygen atoms in total. The van der Waals surface area contributed by atoms with E-state index in [1.165, 1.54) is 6.92 Å². The number of thioether (sulfide) groups is 1. The number of aliphatic hydroxyl groups is 2. The second-order valence-corrected chi connectivity index (χ2v) is 5.41. The fourth-order valence-corrected chi connectivity index (χ4v) is 2.24. The van der Waals surface area contributed by atoms with Gasteiger partial charge in [-0.3, -0.25) is 4.79 Å². The van der Waals surface area contributed by atoms with Gasteiger partial charge in [-0.2, -0.15) is 0 Å². The van der Waals surface area contributed by atoms with Crippen molar-refractivity contribution in [3.05, 3.63) is 23.5 Å². The van der Waals surface area contributed by atoms with Crippen LogP contribution < -0.4 is 11.5 Å². The van der Waals surface area contributed by atoms with Crippen LogP contribution in [0, 0.1) is 5.82 Å². The number of nitrogen functional groups attached to an aromatic ring is 2. The minimum atomic E-state index is -1.34. The van der Waals surface area contributed by atoms with Crippen LogP contribution >= 0.6 is 11.8 Å². The molecule has 0 amide bonds. The summed E-state index contributed by atoms with van der Waals surface area (Å²) in [5.74, 6) is -0.274. The van der Waals surface area contributed by atoms with Crippen molar-refractivity contribution < 1.29 is 19.4 Å². The molecule has 0 fully saturated rings. The lowest BCUT2D eigenvalue weighted by Gasteiger charge is -2.20. The predicted octanol–water partition coefficient (Wildman–Crippen LogP) is 1.05. The molecule has 106 valence electrons. The van der Waals surface area contributed by atoms with Gasteiger partial charge in [0.25, 0.3) is 0 Å². The Bertz CT molecular complexity index is 471. The molecule has 2 atom stereocenters. The Morgan fingerprint density at radius 3 is 2.63 bits per heavy atom. The highest BCUT2D eigenvalue weighted by Crippen LogP contribution is 2.30. The van der Waals surface area contributed by atoms with E-state index in [9.17, 15) is 19.4 Å². The Morgan fingerprint density at radius 2 is 2.05 bits per heavy atom. The van der Waals surface area contributed by atoms with E-state index in [1.54, 1.807) is 0 Å². The van der Waals surface area contributed by atoms with Gasteiger partial charge >= 0.3 is 0 Å². The Kier molecular flexibility index (Phi) is 5.59. The van der Waals surface area contributed by atoms with Crippen molar-refractivity contribution in [2.45, 2.75) is 25.6 Å². The van der Waals surface area contributed by atoms with Crippen LogP contribution in [0.3, 0.4) is 0 Å². The number of carbonyl (C=O) groups excluding carboxylic acids is 1. The summed E-state index contributed by atoms with van der Waals surface area (Å²) >= 11 is 1.04. The number of anilines is 2. The molecule has 0 aromatic heterocycles. The summed E-state index contributed by atoms with van der Waals surface area (Å²) in [5, 5.41) is 19.7. The average Bonchev–Trinajstić information content (AvgIpc) is 2.32. The van der Waals surface area contributed by atoms with Crippen molar-refractivity contribution >= 4 is 28.3 Å². The number of rotatable bonds is 5. The van der Waals surface area contributed by atoms with E-state index in [4.69, 9.17) is 11.5 Å². The molecule has 0 radical (unpaired) electrons. The van der Waals surface area contributed by atoms with Crippen LogP contribution in [0.1, 0.15) is 25.0 Å². The molecule has 0 aliphatic carbocycles.